The van der Waals surface area contributed by atoms with Crippen molar-refractivity contribution in [2.45, 2.75) is 19.1 Å². The molecule has 0 saturated heterocycles. The van der Waals surface area contributed by atoms with Gasteiger partial charge in [0, 0.05) is 3.57 Å². The molecule has 2 aromatic carbocycles. The zero-order chi connectivity index (χ0) is 18.1. The fourth-order valence-corrected chi connectivity index (χ4v) is 3.45. The quantitative estimate of drug-likeness (QED) is 0.572. The average molecular weight is 481 g/mol. The zero-order valence-corrected chi connectivity index (χ0v) is 16.4. The number of nitrogens with zero attached hydrogens (tertiary/aromatic N) is 3. The molecule has 3 aromatic rings. The molecule has 4 rings (SSSR count). The Morgan fingerprint density at radius 1 is 1.27 bits per heavy atom. The van der Waals surface area contributed by atoms with Gasteiger partial charge in [-0.15, -0.1) is 0 Å². The molecular weight excluding hydrogens is 467 g/mol. The molecule has 0 fully saturated rings. The van der Waals surface area contributed by atoms with Crippen molar-refractivity contribution in [2.75, 3.05) is 5.32 Å². The van der Waals surface area contributed by atoms with Crippen LogP contribution in [-0.4, -0.2) is 20.7 Å². The highest BCUT2D eigenvalue weighted by atomic mass is 127. The molecule has 1 N–H and O–H groups in total. The molecule has 0 aliphatic carbocycles. The van der Waals surface area contributed by atoms with Crippen LogP contribution in [0.5, 0.6) is 5.75 Å². The molecule has 1 atom stereocenters. The lowest BCUT2D eigenvalue weighted by atomic mass is 10.0. The summed E-state index contributed by atoms with van der Waals surface area (Å²) in [5.41, 5.74) is 1.96. The van der Waals surface area contributed by atoms with E-state index in [0.717, 1.165) is 11.1 Å². The smallest absolute Gasteiger partial charge is 0.229 e. The molecule has 6 nitrogen and oxygen atoms in total. The van der Waals surface area contributed by atoms with Gasteiger partial charge in [-0.1, -0.05) is 29.8 Å². The number of hydrogen-bond acceptors (Lipinski definition) is 4. The number of rotatable bonds is 4. The maximum Gasteiger partial charge on any atom is 0.229 e. The van der Waals surface area contributed by atoms with Crippen LogP contribution in [0.4, 0.5) is 5.95 Å². The number of ether oxygens (including phenoxy) is 1. The molecular formula is C18H14ClIN4O2. The van der Waals surface area contributed by atoms with E-state index in [1.165, 1.54) is 9.90 Å². The number of halogens is 2. The van der Waals surface area contributed by atoms with Crippen molar-refractivity contribution >= 4 is 46.0 Å². The lowest BCUT2D eigenvalue weighted by molar-refractivity contribution is -0.117. The summed E-state index contributed by atoms with van der Waals surface area (Å²) in [6, 6.07) is 13.4. The van der Waals surface area contributed by atoms with E-state index < -0.39 is 0 Å². The minimum Gasteiger partial charge on any atom is -0.487 e. The summed E-state index contributed by atoms with van der Waals surface area (Å²) in [5, 5.41) is 7.40. The third-order valence-corrected chi connectivity index (χ3v) is 5.16. The Bertz CT molecular complexity index is 958. The maximum absolute atomic E-state index is 11.9. The van der Waals surface area contributed by atoms with Gasteiger partial charge in [-0.2, -0.15) is 10.1 Å². The van der Waals surface area contributed by atoms with Crippen LogP contribution in [0.3, 0.4) is 0 Å². The second kappa shape index (κ2) is 7.24. The van der Waals surface area contributed by atoms with E-state index in [2.05, 4.69) is 38.0 Å². The molecule has 132 valence electrons. The van der Waals surface area contributed by atoms with Gasteiger partial charge in [0.25, 0.3) is 0 Å². The van der Waals surface area contributed by atoms with Crippen LogP contribution in [0.15, 0.2) is 48.8 Å². The van der Waals surface area contributed by atoms with Crippen molar-refractivity contribution < 1.29 is 9.53 Å². The summed E-state index contributed by atoms with van der Waals surface area (Å²) in [4.78, 5) is 15.9. The molecule has 0 spiro atoms. The van der Waals surface area contributed by atoms with Crippen LogP contribution < -0.4 is 10.1 Å². The van der Waals surface area contributed by atoms with Gasteiger partial charge in [-0.25, -0.2) is 4.68 Å². The lowest BCUT2D eigenvalue weighted by Crippen LogP contribution is -2.29. The number of benzene rings is 2. The van der Waals surface area contributed by atoms with Crippen molar-refractivity contribution in [3.8, 4) is 5.75 Å². The number of nitrogens with one attached hydrogen (secondary N) is 1. The number of carbonyl (C=O) groups is 1. The van der Waals surface area contributed by atoms with Crippen LogP contribution in [0.2, 0.25) is 5.02 Å². The van der Waals surface area contributed by atoms with E-state index in [4.69, 9.17) is 16.3 Å². The summed E-state index contributed by atoms with van der Waals surface area (Å²) in [5.74, 6) is 0.958. The highest BCUT2D eigenvalue weighted by Crippen LogP contribution is 2.33. The minimum atomic E-state index is -0.232. The number of hydrogen-bond donors (Lipinski definition) is 1. The zero-order valence-electron chi connectivity index (χ0n) is 13.5. The molecule has 0 radical (unpaired) electrons. The molecule has 1 unspecified atom stereocenters. The van der Waals surface area contributed by atoms with Gasteiger partial charge < -0.3 is 4.74 Å². The second-order valence-corrected chi connectivity index (χ2v) is 7.55. The number of fused-ring (bicyclic) bond motifs is 1. The van der Waals surface area contributed by atoms with Crippen LogP contribution >= 0.6 is 34.2 Å². The molecule has 1 aromatic heterocycles. The molecule has 8 heteroatoms. The lowest BCUT2D eigenvalue weighted by Gasteiger charge is -2.24. The number of aromatic nitrogens is 3. The van der Waals surface area contributed by atoms with Gasteiger partial charge in [0.05, 0.1) is 17.5 Å². The monoisotopic (exact) mass is 480 g/mol. The first kappa shape index (κ1) is 17.3. The third kappa shape index (κ3) is 3.54. The number of anilines is 1. The Balaban J connectivity index is 1.53. The number of amides is 1. The largest absolute Gasteiger partial charge is 0.487 e. The third-order valence-electron chi connectivity index (χ3n) is 4.15. The van der Waals surface area contributed by atoms with E-state index in [0.29, 0.717) is 23.3 Å². The van der Waals surface area contributed by atoms with E-state index >= 15 is 0 Å². The summed E-state index contributed by atoms with van der Waals surface area (Å²) >= 11 is 8.67. The first-order chi connectivity index (χ1) is 12.6. The normalized spacial score (nSPS) is 16.1. The Hall–Kier alpha value is -2.13. The van der Waals surface area contributed by atoms with Gasteiger partial charge >= 0.3 is 0 Å². The Morgan fingerprint density at radius 2 is 2.08 bits per heavy atom. The topological polar surface area (TPSA) is 69.0 Å². The standard InChI is InChI=1S/C18H14ClIN4O2/c19-14-7-12(15-8-17(25)23-18-21-10-22-24(15)18)3-6-16(14)26-9-11-1-4-13(20)5-2-11/h1-7,10,15H,8-9H2,(H,21,22,23,25). The van der Waals surface area contributed by atoms with Crippen molar-refractivity contribution in [2.24, 2.45) is 0 Å². The Kier molecular flexibility index (Phi) is 4.82. The second-order valence-electron chi connectivity index (χ2n) is 5.90. The van der Waals surface area contributed by atoms with Crippen LogP contribution in [-0.2, 0) is 11.4 Å². The Morgan fingerprint density at radius 3 is 2.85 bits per heavy atom. The van der Waals surface area contributed by atoms with Crippen molar-refractivity contribution in [3.63, 3.8) is 0 Å². The molecule has 26 heavy (non-hydrogen) atoms. The Labute approximate surface area is 168 Å². The fraction of sp³-hybridized carbons (Fsp3) is 0.167. The van der Waals surface area contributed by atoms with Crippen LogP contribution in [0.1, 0.15) is 23.6 Å². The molecule has 2 heterocycles. The number of carbonyl (C=O) groups excluding carboxylic acids is 1. The molecule has 1 aliphatic rings. The van der Waals surface area contributed by atoms with Crippen molar-refractivity contribution in [1.82, 2.24) is 14.8 Å². The van der Waals surface area contributed by atoms with Crippen molar-refractivity contribution in [3.05, 3.63) is 68.5 Å². The molecule has 0 bridgehead atoms. The predicted octanol–water partition coefficient (Wildman–Crippen LogP) is 4.05. The minimum absolute atomic E-state index is 0.0920. The first-order valence-electron chi connectivity index (χ1n) is 7.96. The first-order valence-corrected chi connectivity index (χ1v) is 9.42. The summed E-state index contributed by atoms with van der Waals surface area (Å²) < 4.78 is 8.70. The van der Waals surface area contributed by atoms with Crippen molar-refractivity contribution in [1.29, 1.82) is 0 Å². The van der Waals surface area contributed by atoms with E-state index in [9.17, 15) is 4.79 Å². The highest BCUT2D eigenvalue weighted by Gasteiger charge is 2.28. The average Bonchev–Trinajstić information content (AvgIpc) is 3.09. The fourth-order valence-electron chi connectivity index (χ4n) is 2.85. The van der Waals surface area contributed by atoms with Gasteiger partial charge in [-0.05, 0) is 58.0 Å². The van der Waals surface area contributed by atoms with Gasteiger partial charge in [0.15, 0.2) is 0 Å². The van der Waals surface area contributed by atoms with Gasteiger partial charge in [0.2, 0.25) is 11.9 Å². The van der Waals surface area contributed by atoms with Gasteiger partial charge in [0.1, 0.15) is 18.7 Å². The van der Waals surface area contributed by atoms with Crippen LogP contribution in [0, 0.1) is 3.57 Å². The van der Waals surface area contributed by atoms with E-state index in [1.807, 2.05) is 42.5 Å². The predicted molar refractivity (Wildman–Crippen MR) is 106 cm³/mol. The van der Waals surface area contributed by atoms with E-state index in [1.54, 1.807) is 4.68 Å². The summed E-state index contributed by atoms with van der Waals surface area (Å²) in [6.07, 6.45) is 1.71. The highest BCUT2D eigenvalue weighted by molar-refractivity contribution is 14.1. The van der Waals surface area contributed by atoms with E-state index in [-0.39, 0.29) is 18.4 Å². The van der Waals surface area contributed by atoms with Crippen LogP contribution in [0.25, 0.3) is 0 Å². The summed E-state index contributed by atoms with van der Waals surface area (Å²) in [6.45, 7) is 0.440. The summed E-state index contributed by atoms with van der Waals surface area (Å²) in [7, 11) is 0. The molecule has 1 aliphatic heterocycles. The molecule has 1 amide bonds. The maximum atomic E-state index is 11.9. The molecule has 0 saturated carbocycles. The SMILES string of the molecule is O=C1CC(c2ccc(OCc3ccc(I)cc3)c(Cl)c2)n2ncnc2N1. The van der Waals surface area contributed by atoms with Gasteiger partial charge in [-0.3, -0.25) is 10.1 Å².